The number of aliphatic hydroxyl groups excluding tert-OH is 1. The Hall–Kier alpha value is -1.13. The minimum Gasteiger partial charge on any atom is -0.387 e. The average molecular weight is 212 g/mol. The molecule has 0 spiro atoms. The summed E-state index contributed by atoms with van der Waals surface area (Å²) in [7, 11) is 0. The van der Waals surface area contributed by atoms with Crippen LogP contribution in [-0.4, -0.2) is 19.7 Å². The summed E-state index contributed by atoms with van der Waals surface area (Å²) in [6.07, 6.45) is -0.618. The predicted molar refractivity (Wildman–Crippen MR) is 53.4 cm³/mol. The molecule has 1 atom stereocenters. The van der Waals surface area contributed by atoms with E-state index < -0.39 is 6.10 Å². The van der Waals surface area contributed by atoms with Crippen molar-refractivity contribution in [2.75, 3.05) is 0 Å². The van der Waals surface area contributed by atoms with Crippen molar-refractivity contribution in [3.05, 3.63) is 28.7 Å². The molecule has 74 valence electrons. The van der Waals surface area contributed by atoms with Gasteiger partial charge in [0.2, 0.25) is 0 Å². The first-order valence-electron chi connectivity index (χ1n) is 4.29. The van der Waals surface area contributed by atoms with Crippen LogP contribution < -0.4 is 0 Å². The fourth-order valence-electron chi connectivity index (χ4n) is 1.28. The molecule has 14 heavy (non-hydrogen) atoms. The molecule has 0 aliphatic carbocycles. The Bertz CT molecular complexity index is 478. The average Bonchev–Trinajstić information content (AvgIpc) is 2.45. The standard InChI is InChI=1S/C9H10ClN3O/c1-5-3-9-11-7(6(2)14)4-8(10)13(9)12-5/h3-4,6,14H,1-2H3. The first-order chi connectivity index (χ1) is 6.58. The van der Waals surface area contributed by atoms with Crippen LogP contribution in [0.1, 0.15) is 24.4 Å². The van der Waals surface area contributed by atoms with Gasteiger partial charge >= 0.3 is 0 Å². The van der Waals surface area contributed by atoms with E-state index >= 15 is 0 Å². The fourth-order valence-corrected chi connectivity index (χ4v) is 1.52. The van der Waals surface area contributed by atoms with Gasteiger partial charge in [-0.15, -0.1) is 0 Å². The third kappa shape index (κ3) is 1.47. The van der Waals surface area contributed by atoms with Gasteiger partial charge < -0.3 is 5.11 Å². The van der Waals surface area contributed by atoms with E-state index in [4.69, 9.17) is 11.6 Å². The van der Waals surface area contributed by atoms with Gasteiger partial charge in [-0.3, -0.25) is 0 Å². The van der Waals surface area contributed by atoms with Crippen LogP contribution in [0.3, 0.4) is 0 Å². The van der Waals surface area contributed by atoms with E-state index in [-0.39, 0.29) is 0 Å². The maximum Gasteiger partial charge on any atom is 0.157 e. The first-order valence-corrected chi connectivity index (χ1v) is 4.66. The molecule has 2 aromatic rings. The van der Waals surface area contributed by atoms with Crippen LogP contribution in [-0.2, 0) is 0 Å². The summed E-state index contributed by atoms with van der Waals surface area (Å²) in [5.74, 6) is 0. The minimum atomic E-state index is -0.618. The van der Waals surface area contributed by atoms with Gasteiger partial charge in [0.15, 0.2) is 5.65 Å². The molecule has 2 aromatic heterocycles. The van der Waals surface area contributed by atoms with Crippen molar-refractivity contribution in [1.29, 1.82) is 0 Å². The molecule has 4 nitrogen and oxygen atoms in total. The molecule has 2 rings (SSSR count). The number of rotatable bonds is 1. The largest absolute Gasteiger partial charge is 0.387 e. The topological polar surface area (TPSA) is 50.4 Å². The van der Waals surface area contributed by atoms with Crippen molar-refractivity contribution in [3.8, 4) is 0 Å². The van der Waals surface area contributed by atoms with Crippen LogP contribution in [0.4, 0.5) is 0 Å². The number of aromatic nitrogens is 3. The van der Waals surface area contributed by atoms with E-state index in [1.807, 2.05) is 13.0 Å². The third-order valence-corrected chi connectivity index (χ3v) is 2.22. The molecule has 0 aliphatic rings. The van der Waals surface area contributed by atoms with Crippen LogP contribution in [0.25, 0.3) is 5.65 Å². The molecular formula is C9H10ClN3O. The van der Waals surface area contributed by atoms with Crippen molar-refractivity contribution in [1.82, 2.24) is 14.6 Å². The number of hydrogen-bond donors (Lipinski definition) is 1. The highest BCUT2D eigenvalue weighted by molar-refractivity contribution is 6.29. The molecule has 0 radical (unpaired) electrons. The Morgan fingerprint density at radius 2 is 2.21 bits per heavy atom. The van der Waals surface area contributed by atoms with Crippen LogP contribution in [0.5, 0.6) is 0 Å². The molecule has 0 aromatic carbocycles. The highest BCUT2D eigenvalue weighted by Gasteiger charge is 2.09. The fraction of sp³-hybridized carbons (Fsp3) is 0.333. The Balaban J connectivity index is 2.71. The zero-order valence-electron chi connectivity index (χ0n) is 7.90. The van der Waals surface area contributed by atoms with Crippen LogP contribution in [0.15, 0.2) is 12.1 Å². The number of fused-ring (bicyclic) bond motifs is 1. The summed E-state index contributed by atoms with van der Waals surface area (Å²) in [5.41, 5.74) is 2.07. The molecule has 2 heterocycles. The van der Waals surface area contributed by atoms with E-state index in [1.54, 1.807) is 17.5 Å². The molecule has 1 unspecified atom stereocenters. The highest BCUT2D eigenvalue weighted by Crippen LogP contribution is 2.17. The van der Waals surface area contributed by atoms with Crippen LogP contribution in [0.2, 0.25) is 5.15 Å². The van der Waals surface area contributed by atoms with E-state index in [1.165, 1.54) is 0 Å². The second kappa shape index (κ2) is 3.22. The third-order valence-electron chi connectivity index (χ3n) is 1.95. The summed E-state index contributed by atoms with van der Waals surface area (Å²) < 4.78 is 1.54. The molecular weight excluding hydrogens is 202 g/mol. The predicted octanol–water partition coefficient (Wildman–Crippen LogP) is 1.74. The SMILES string of the molecule is Cc1cc2nc(C(C)O)cc(Cl)n2n1. The molecule has 0 aliphatic heterocycles. The van der Waals surface area contributed by atoms with Crippen LogP contribution in [0, 0.1) is 6.92 Å². The van der Waals surface area contributed by atoms with Crippen molar-refractivity contribution >= 4 is 17.2 Å². The quantitative estimate of drug-likeness (QED) is 0.732. The molecule has 0 saturated carbocycles. The van der Waals surface area contributed by atoms with Gasteiger partial charge in [0.1, 0.15) is 5.15 Å². The van der Waals surface area contributed by atoms with Crippen molar-refractivity contribution < 1.29 is 5.11 Å². The minimum absolute atomic E-state index is 0.457. The second-order valence-electron chi connectivity index (χ2n) is 3.24. The van der Waals surface area contributed by atoms with Crippen molar-refractivity contribution in [2.45, 2.75) is 20.0 Å². The van der Waals surface area contributed by atoms with Gasteiger partial charge in [-0.05, 0) is 19.9 Å². The van der Waals surface area contributed by atoms with Gasteiger partial charge in [0, 0.05) is 6.07 Å². The Morgan fingerprint density at radius 3 is 2.86 bits per heavy atom. The number of aliphatic hydroxyl groups is 1. The number of nitrogens with zero attached hydrogens (tertiary/aromatic N) is 3. The van der Waals surface area contributed by atoms with Crippen molar-refractivity contribution in [2.24, 2.45) is 0 Å². The molecule has 0 saturated heterocycles. The molecule has 0 amide bonds. The van der Waals surface area contributed by atoms with Gasteiger partial charge in [-0.1, -0.05) is 11.6 Å². The van der Waals surface area contributed by atoms with E-state index in [0.717, 1.165) is 5.69 Å². The summed E-state index contributed by atoms with van der Waals surface area (Å²) >= 11 is 5.97. The normalized spacial score (nSPS) is 13.4. The lowest BCUT2D eigenvalue weighted by Gasteiger charge is -2.04. The lowest BCUT2D eigenvalue weighted by atomic mass is 10.3. The van der Waals surface area contributed by atoms with E-state index in [0.29, 0.717) is 16.5 Å². The lowest BCUT2D eigenvalue weighted by molar-refractivity contribution is 0.194. The maximum absolute atomic E-state index is 9.36. The number of halogens is 1. The second-order valence-corrected chi connectivity index (χ2v) is 3.62. The van der Waals surface area contributed by atoms with Gasteiger partial charge in [-0.25, -0.2) is 9.50 Å². The van der Waals surface area contributed by atoms with E-state index in [2.05, 4.69) is 10.1 Å². The number of aryl methyl sites for hydroxylation is 1. The smallest absolute Gasteiger partial charge is 0.157 e. The summed E-state index contributed by atoms with van der Waals surface area (Å²) in [6, 6.07) is 3.43. The lowest BCUT2D eigenvalue weighted by Crippen LogP contribution is -2.00. The van der Waals surface area contributed by atoms with Gasteiger partial charge in [0.25, 0.3) is 0 Å². The Labute approximate surface area is 86.1 Å². The maximum atomic E-state index is 9.36. The Kier molecular flexibility index (Phi) is 2.17. The molecule has 1 N–H and O–H groups in total. The number of hydrogen-bond acceptors (Lipinski definition) is 3. The van der Waals surface area contributed by atoms with Gasteiger partial charge in [-0.2, -0.15) is 5.10 Å². The Morgan fingerprint density at radius 1 is 1.50 bits per heavy atom. The first kappa shape index (κ1) is 9.43. The highest BCUT2D eigenvalue weighted by atomic mass is 35.5. The zero-order valence-corrected chi connectivity index (χ0v) is 8.65. The monoisotopic (exact) mass is 211 g/mol. The summed E-state index contributed by atoms with van der Waals surface area (Å²) in [6.45, 7) is 3.52. The van der Waals surface area contributed by atoms with Crippen LogP contribution >= 0.6 is 11.6 Å². The van der Waals surface area contributed by atoms with Gasteiger partial charge in [0.05, 0.1) is 17.5 Å². The zero-order chi connectivity index (χ0) is 10.3. The van der Waals surface area contributed by atoms with E-state index in [9.17, 15) is 5.11 Å². The van der Waals surface area contributed by atoms with Crippen molar-refractivity contribution in [3.63, 3.8) is 0 Å². The molecule has 0 bridgehead atoms. The summed E-state index contributed by atoms with van der Waals surface area (Å²) in [5, 5.41) is 14.0. The molecule has 5 heteroatoms. The molecule has 0 fully saturated rings. The summed E-state index contributed by atoms with van der Waals surface area (Å²) in [4.78, 5) is 4.22.